The molecule has 4 heteroatoms. The normalized spacial score (nSPS) is 28.1. The minimum absolute atomic E-state index is 0.00564. The van der Waals surface area contributed by atoms with Crippen LogP contribution in [0.4, 0.5) is 0 Å². The Morgan fingerprint density at radius 2 is 1.67 bits per heavy atom. The van der Waals surface area contributed by atoms with Crippen LogP contribution < -0.4 is 4.74 Å². The van der Waals surface area contributed by atoms with Crippen LogP contribution in [-0.4, -0.2) is 26.5 Å². The van der Waals surface area contributed by atoms with Gasteiger partial charge in [-0.3, -0.25) is 4.79 Å². The van der Waals surface area contributed by atoms with E-state index in [0.29, 0.717) is 12.2 Å². The van der Waals surface area contributed by atoms with Crippen LogP contribution in [0.5, 0.6) is 5.75 Å². The van der Waals surface area contributed by atoms with E-state index >= 15 is 0 Å². The summed E-state index contributed by atoms with van der Waals surface area (Å²) in [4.78, 5) is 12.2. The molecule has 1 unspecified atom stereocenters. The van der Waals surface area contributed by atoms with Gasteiger partial charge in [0.25, 0.3) is 0 Å². The monoisotopic (exact) mass is 444 g/mol. The number of rotatable bonds is 7. The zero-order valence-corrected chi connectivity index (χ0v) is 19.5. The molecule has 2 aromatic carbocycles. The Hall–Kier alpha value is -2.61. The van der Waals surface area contributed by atoms with Crippen LogP contribution in [0.25, 0.3) is 0 Å². The summed E-state index contributed by atoms with van der Waals surface area (Å²) in [7, 11) is 1.58. The smallest absolute Gasteiger partial charge is 0.315 e. The summed E-state index contributed by atoms with van der Waals surface area (Å²) in [5.74, 6) is 9.69. The molecule has 0 aliphatic heterocycles. The van der Waals surface area contributed by atoms with Crippen molar-refractivity contribution in [1.82, 2.24) is 0 Å². The van der Waals surface area contributed by atoms with Gasteiger partial charge in [-0.1, -0.05) is 30.0 Å². The van der Waals surface area contributed by atoms with E-state index in [1.54, 1.807) is 7.11 Å². The second-order valence-electron chi connectivity index (χ2n) is 9.93. The summed E-state index contributed by atoms with van der Waals surface area (Å²) in [5, 5.41) is 0. The highest BCUT2D eigenvalue weighted by Crippen LogP contribution is 2.62. The van der Waals surface area contributed by atoms with Crippen LogP contribution in [0.3, 0.4) is 0 Å². The van der Waals surface area contributed by atoms with Gasteiger partial charge in [0, 0.05) is 34.8 Å². The summed E-state index contributed by atoms with van der Waals surface area (Å²) >= 11 is 0. The summed E-state index contributed by atoms with van der Waals surface area (Å²) in [5.41, 5.74) is 3.45. The molecule has 2 aromatic rings. The molecule has 1 atom stereocenters. The lowest BCUT2D eigenvalue weighted by Gasteiger charge is -2.57. The Morgan fingerprint density at radius 1 is 1.00 bits per heavy atom. The average molecular weight is 445 g/mol. The molecule has 0 N–H and O–H groups in total. The Bertz CT molecular complexity index is 1030. The van der Waals surface area contributed by atoms with Gasteiger partial charge >= 0.3 is 6.48 Å². The highest BCUT2D eigenvalue weighted by atomic mass is 16.8. The molecule has 0 spiro atoms. The lowest BCUT2D eigenvalue weighted by molar-refractivity contribution is -0.231. The van der Waals surface area contributed by atoms with Crippen LogP contribution in [0, 0.1) is 29.6 Å². The number of hydrogen-bond donors (Lipinski definition) is 0. The first-order chi connectivity index (χ1) is 16.1. The fraction of sp³-hybridized carbons (Fsp3) is 0.483. The Kier molecular flexibility index (Phi) is 6.27. The minimum Gasteiger partial charge on any atom is -0.441 e. The summed E-state index contributed by atoms with van der Waals surface area (Å²) in [6.07, 6.45) is 8.38. The zero-order valence-electron chi connectivity index (χ0n) is 19.5. The number of aldehydes is 1. The highest BCUT2D eigenvalue weighted by Gasteiger charge is 2.53. The van der Waals surface area contributed by atoms with Crippen LogP contribution in [-0.2, 0) is 14.9 Å². The summed E-state index contributed by atoms with van der Waals surface area (Å²) in [6, 6.07) is 13.7. The maximum absolute atomic E-state index is 12.2. The maximum atomic E-state index is 12.2. The number of methoxy groups -OCH3 is 1. The molecule has 0 radical (unpaired) electrons. The third kappa shape index (κ3) is 4.33. The minimum atomic E-state index is -0.792. The van der Waals surface area contributed by atoms with Gasteiger partial charge in [-0.15, -0.1) is 0 Å². The first-order valence-electron chi connectivity index (χ1n) is 12.1. The van der Waals surface area contributed by atoms with Gasteiger partial charge in [-0.05, 0) is 87.5 Å². The van der Waals surface area contributed by atoms with Gasteiger partial charge in [0.15, 0.2) is 6.29 Å². The number of benzene rings is 2. The first-order valence-corrected chi connectivity index (χ1v) is 12.1. The van der Waals surface area contributed by atoms with Crippen LogP contribution in [0.1, 0.15) is 72.5 Å². The number of hydrogen-bond acceptors (Lipinski definition) is 4. The second kappa shape index (κ2) is 9.33. The van der Waals surface area contributed by atoms with E-state index in [0.717, 1.165) is 65.7 Å². The van der Waals surface area contributed by atoms with Crippen LogP contribution in [0.2, 0.25) is 0 Å². The Morgan fingerprint density at radius 3 is 2.24 bits per heavy atom. The van der Waals surface area contributed by atoms with Gasteiger partial charge in [0.05, 0.1) is 6.61 Å². The van der Waals surface area contributed by atoms with Crippen LogP contribution in [0.15, 0.2) is 42.5 Å². The van der Waals surface area contributed by atoms with E-state index in [1.807, 2.05) is 49.4 Å². The summed E-state index contributed by atoms with van der Waals surface area (Å²) < 4.78 is 17.4. The molecule has 4 aliphatic rings. The van der Waals surface area contributed by atoms with E-state index in [9.17, 15) is 4.79 Å². The van der Waals surface area contributed by atoms with E-state index in [-0.39, 0.29) is 5.41 Å². The third-order valence-electron chi connectivity index (χ3n) is 7.72. The number of ether oxygens (including phenoxy) is 3. The molecule has 0 saturated heterocycles. The predicted octanol–water partition coefficient (Wildman–Crippen LogP) is 5.71. The molecule has 4 bridgehead atoms. The highest BCUT2D eigenvalue weighted by molar-refractivity contribution is 5.82. The van der Waals surface area contributed by atoms with Crippen molar-refractivity contribution in [2.75, 3.05) is 13.7 Å². The lowest BCUT2D eigenvalue weighted by Crippen LogP contribution is -2.49. The topological polar surface area (TPSA) is 44.8 Å². The third-order valence-corrected chi connectivity index (χ3v) is 7.72. The SMILES string of the molecule is CCOC(OC)Oc1ccc(C=O)c(C#Cc2ccccc2)c1C12CC3CC(CC(C3)C1)C2. The zero-order chi connectivity index (χ0) is 22.8. The largest absolute Gasteiger partial charge is 0.441 e. The lowest BCUT2D eigenvalue weighted by atomic mass is 9.47. The summed E-state index contributed by atoms with van der Waals surface area (Å²) in [6.45, 7) is 1.61. The molecule has 4 fully saturated rings. The van der Waals surface area contributed by atoms with E-state index in [4.69, 9.17) is 14.2 Å². The maximum Gasteiger partial charge on any atom is 0.315 e. The molecule has 172 valence electrons. The van der Waals surface area contributed by atoms with Crippen molar-refractivity contribution in [2.24, 2.45) is 17.8 Å². The van der Waals surface area contributed by atoms with Gasteiger partial charge in [-0.2, -0.15) is 0 Å². The van der Waals surface area contributed by atoms with Crippen molar-refractivity contribution >= 4 is 6.29 Å². The fourth-order valence-electron chi connectivity index (χ4n) is 6.92. The van der Waals surface area contributed by atoms with Crippen molar-refractivity contribution in [1.29, 1.82) is 0 Å². The van der Waals surface area contributed by atoms with Gasteiger partial charge < -0.3 is 14.2 Å². The van der Waals surface area contributed by atoms with E-state index < -0.39 is 6.48 Å². The van der Waals surface area contributed by atoms with Gasteiger partial charge in [0.2, 0.25) is 0 Å². The van der Waals surface area contributed by atoms with Crippen molar-refractivity contribution in [3.8, 4) is 17.6 Å². The Balaban J connectivity index is 1.66. The van der Waals surface area contributed by atoms with Gasteiger partial charge in [0.1, 0.15) is 5.75 Å². The number of carbonyl (C=O) groups excluding carboxylic acids is 1. The van der Waals surface area contributed by atoms with E-state index in [1.165, 1.54) is 19.3 Å². The standard InChI is InChI=1S/C29H32O4/c1-3-32-28(31-2)33-26-12-10-24(19-30)25(11-9-20-7-5-4-6-8-20)27(26)29-16-21-13-22(17-29)15-23(14-21)18-29/h4-8,10,12,19,21-23,28H,3,13-18H2,1-2H3. The second-order valence-corrected chi connectivity index (χ2v) is 9.93. The fourth-order valence-corrected chi connectivity index (χ4v) is 6.92. The molecular weight excluding hydrogens is 412 g/mol. The Labute approximate surface area is 196 Å². The molecule has 6 rings (SSSR count). The van der Waals surface area contributed by atoms with Crippen molar-refractivity contribution in [3.05, 3.63) is 64.7 Å². The molecule has 4 nitrogen and oxygen atoms in total. The quantitative estimate of drug-likeness (QED) is 0.312. The molecule has 4 saturated carbocycles. The predicted molar refractivity (Wildman–Crippen MR) is 127 cm³/mol. The van der Waals surface area contributed by atoms with E-state index in [2.05, 4.69) is 11.8 Å². The molecule has 0 aromatic heterocycles. The van der Waals surface area contributed by atoms with Crippen LogP contribution >= 0.6 is 0 Å². The molecule has 4 aliphatic carbocycles. The van der Waals surface area contributed by atoms with Crippen molar-refractivity contribution in [2.45, 2.75) is 57.3 Å². The molecule has 0 heterocycles. The van der Waals surface area contributed by atoms with Crippen molar-refractivity contribution < 1.29 is 19.0 Å². The van der Waals surface area contributed by atoms with Gasteiger partial charge in [-0.25, -0.2) is 0 Å². The molecule has 33 heavy (non-hydrogen) atoms. The first kappa shape index (κ1) is 22.2. The molecule has 0 amide bonds. The average Bonchev–Trinajstić information content (AvgIpc) is 2.82. The number of carbonyl (C=O) groups is 1. The van der Waals surface area contributed by atoms with Crippen molar-refractivity contribution in [3.63, 3.8) is 0 Å². The molecular formula is C29H32O4.